The third-order valence-corrected chi connectivity index (χ3v) is 3.22. The molecule has 0 saturated heterocycles. The van der Waals surface area contributed by atoms with E-state index in [4.69, 9.17) is 11.6 Å². The molecule has 18 heavy (non-hydrogen) atoms. The molecule has 0 saturated carbocycles. The van der Waals surface area contributed by atoms with E-state index in [1.165, 1.54) is 11.6 Å². The van der Waals surface area contributed by atoms with Gasteiger partial charge in [0.15, 0.2) is 0 Å². The molecule has 0 aliphatic rings. The van der Waals surface area contributed by atoms with E-state index in [2.05, 4.69) is 13.8 Å². The normalized spacial score (nSPS) is 10.9. The lowest BCUT2D eigenvalue weighted by Crippen LogP contribution is -1.88. The first-order valence-electron chi connectivity index (χ1n) is 5.77. The second-order valence-electron chi connectivity index (χ2n) is 4.56. The summed E-state index contributed by atoms with van der Waals surface area (Å²) in [7, 11) is 0. The molecule has 0 aliphatic carbocycles. The summed E-state index contributed by atoms with van der Waals surface area (Å²) in [6, 6.07) is 10.3. The van der Waals surface area contributed by atoms with Crippen molar-refractivity contribution in [1.29, 1.82) is 0 Å². The summed E-state index contributed by atoms with van der Waals surface area (Å²) in [6.45, 7) is 4.22. The lowest BCUT2D eigenvalue weighted by Gasteiger charge is -2.09. The van der Waals surface area contributed by atoms with Crippen LogP contribution in [-0.2, 0) is 0 Å². The molecule has 0 amide bonds. The van der Waals surface area contributed by atoms with Crippen LogP contribution in [0.2, 0.25) is 5.02 Å². The first-order valence-corrected chi connectivity index (χ1v) is 6.15. The van der Waals surface area contributed by atoms with Gasteiger partial charge in [-0.3, -0.25) is 0 Å². The number of hydrogen-bond donors (Lipinski definition) is 1. The predicted octanol–water partition coefficient (Wildman–Crippen LogP) is 4.98. The quantitative estimate of drug-likeness (QED) is 0.811. The summed E-state index contributed by atoms with van der Waals surface area (Å²) in [6.07, 6.45) is 0. The van der Waals surface area contributed by atoms with Crippen molar-refractivity contribution in [2.75, 3.05) is 0 Å². The summed E-state index contributed by atoms with van der Waals surface area (Å²) in [5, 5.41) is 9.76. The molecule has 1 N–H and O–H groups in total. The molecule has 3 heteroatoms. The SMILES string of the molecule is CC(C)c1ccc(-c2cc(Cl)c(F)cc2O)cc1. The number of phenols is 1. The maximum absolute atomic E-state index is 13.2. The van der Waals surface area contributed by atoms with Crippen molar-refractivity contribution in [3.05, 3.63) is 52.8 Å². The zero-order valence-corrected chi connectivity index (χ0v) is 11.0. The van der Waals surface area contributed by atoms with Gasteiger partial charge >= 0.3 is 0 Å². The number of benzene rings is 2. The molecule has 2 aromatic rings. The van der Waals surface area contributed by atoms with Crippen LogP contribution in [0.15, 0.2) is 36.4 Å². The second-order valence-corrected chi connectivity index (χ2v) is 4.97. The van der Waals surface area contributed by atoms with Gasteiger partial charge in [-0.1, -0.05) is 49.7 Å². The number of aromatic hydroxyl groups is 1. The fraction of sp³-hybridized carbons (Fsp3) is 0.200. The second kappa shape index (κ2) is 4.99. The van der Waals surface area contributed by atoms with Crippen molar-refractivity contribution in [3.63, 3.8) is 0 Å². The van der Waals surface area contributed by atoms with Crippen LogP contribution < -0.4 is 0 Å². The monoisotopic (exact) mass is 264 g/mol. The average molecular weight is 265 g/mol. The highest BCUT2D eigenvalue weighted by Gasteiger charge is 2.10. The molecular weight excluding hydrogens is 251 g/mol. The first-order chi connectivity index (χ1) is 8.49. The third kappa shape index (κ3) is 2.49. The predicted molar refractivity (Wildman–Crippen MR) is 72.6 cm³/mol. The molecule has 0 radical (unpaired) electrons. The molecule has 0 spiro atoms. The summed E-state index contributed by atoms with van der Waals surface area (Å²) < 4.78 is 13.2. The van der Waals surface area contributed by atoms with Crippen molar-refractivity contribution in [3.8, 4) is 16.9 Å². The van der Waals surface area contributed by atoms with Gasteiger partial charge in [-0.2, -0.15) is 0 Å². The maximum Gasteiger partial charge on any atom is 0.145 e. The van der Waals surface area contributed by atoms with E-state index in [-0.39, 0.29) is 10.8 Å². The van der Waals surface area contributed by atoms with Crippen molar-refractivity contribution in [2.45, 2.75) is 19.8 Å². The van der Waals surface area contributed by atoms with E-state index in [0.29, 0.717) is 11.5 Å². The Morgan fingerprint density at radius 2 is 1.72 bits per heavy atom. The Kier molecular flexibility index (Phi) is 3.58. The fourth-order valence-corrected chi connectivity index (χ4v) is 1.98. The molecule has 94 valence electrons. The molecule has 0 aromatic heterocycles. The smallest absolute Gasteiger partial charge is 0.145 e. The Morgan fingerprint density at radius 3 is 2.28 bits per heavy atom. The van der Waals surface area contributed by atoms with Gasteiger partial charge in [-0.25, -0.2) is 4.39 Å². The van der Waals surface area contributed by atoms with Gasteiger partial charge in [-0.05, 0) is 23.1 Å². The standard InChI is InChI=1S/C15H14ClFO/c1-9(2)10-3-5-11(6-4-10)12-7-13(16)14(17)8-15(12)18/h3-9,18H,1-2H3. The lowest BCUT2D eigenvalue weighted by atomic mass is 9.98. The van der Waals surface area contributed by atoms with Gasteiger partial charge in [0.05, 0.1) is 5.02 Å². The number of phenolic OH excluding ortho intramolecular Hbond substituents is 1. The van der Waals surface area contributed by atoms with Gasteiger partial charge in [0.2, 0.25) is 0 Å². The first kappa shape index (κ1) is 12.9. The summed E-state index contributed by atoms with van der Waals surface area (Å²) in [5.41, 5.74) is 2.57. The average Bonchev–Trinajstić information content (AvgIpc) is 2.34. The molecule has 2 aromatic carbocycles. The summed E-state index contributed by atoms with van der Waals surface area (Å²) in [5.74, 6) is -0.268. The number of hydrogen-bond acceptors (Lipinski definition) is 1. The molecule has 0 heterocycles. The molecule has 0 unspecified atom stereocenters. The Bertz CT molecular complexity index is 561. The van der Waals surface area contributed by atoms with Crippen LogP contribution in [-0.4, -0.2) is 5.11 Å². The van der Waals surface area contributed by atoms with Crippen LogP contribution in [0.3, 0.4) is 0 Å². The van der Waals surface area contributed by atoms with Crippen LogP contribution in [0, 0.1) is 5.82 Å². The van der Waals surface area contributed by atoms with Crippen molar-refractivity contribution in [2.24, 2.45) is 0 Å². The van der Waals surface area contributed by atoms with Gasteiger partial charge in [0.1, 0.15) is 11.6 Å². The van der Waals surface area contributed by atoms with Crippen molar-refractivity contribution < 1.29 is 9.50 Å². The van der Waals surface area contributed by atoms with Crippen LogP contribution in [0.1, 0.15) is 25.3 Å². The molecule has 0 aliphatic heterocycles. The highest BCUT2D eigenvalue weighted by atomic mass is 35.5. The molecule has 2 rings (SSSR count). The highest BCUT2D eigenvalue weighted by molar-refractivity contribution is 6.31. The maximum atomic E-state index is 13.2. The van der Waals surface area contributed by atoms with Crippen molar-refractivity contribution in [1.82, 2.24) is 0 Å². The van der Waals surface area contributed by atoms with Gasteiger partial charge < -0.3 is 5.11 Å². The molecular formula is C15H14ClFO. The minimum atomic E-state index is -0.614. The number of rotatable bonds is 2. The molecule has 0 bridgehead atoms. The zero-order chi connectivity index (χ0) is 13.3. The Labute approximate surface area is 111 Å². The Balaban J connectivity index is 2.46. The minimum Gasteiger partial charge on any atom is -0.507 e. The topological polar surface area (TPSA) is 20.2 Å². The largest absolute Gasteiger partial charge is 0.507 e. The van der Waals surface area contributed by atoms with Crippen LogP contribution in [0.4, 0.5) is 4.39 Å². The Hall–Kier alpha value is -1.54. The van der Waals surface area contributed by atoms with Gasteiger partial charge in [0, 0.05) is 11.6 Å². The van der Waals surface area contributed by atoms with Crippen molar-refractivity contribution >= 4 is 11.6 Å². The van der Waals surface area contributed by atoms with E-state index in [1.807, 2.05) is 24.3 Å². The third-order valence-electron chi connectivity index (χ3n) is 2.93. The minimum absolute atomic E-state index is 0.00994. The molecule has 0 fully saturated rings. The fourth-order valence-electron chi connectivity index (χ4n) is 1.82. The number of halogens is 2. The van der Waals surface area contributed by atoms with Crippen LogP contribution in [0.5, 0.6) is 5.75 Å². The highest BCUT2D eigenvalue weighted by Crippen LogP contribution is 2.34. The summed E-state index contributed by atoms with van der Waals surface area (Å²) >= 11 is 5.73. The zero-order valence-electron chi connectivity index (χ0n) is 10.2. The van der Waals surface area contributed by atoms with E-state index in [9.17, 15) is 9.50 Å². The van der Waals surface area contributed by atoms with Gasteiger partial charge in [-0.15, -0.1) is 0 Å². The molecule has 0 atom stereocenters. The van der Waals surface area contributed by atoms with E-state index >= 15 is 0 Å². The molecule has 1 nitrogen and oxygen atoms in total. The Morgan fingerprint density at radius 1 is 1.11 bits per heavy atom. The van der Waals surface area contributed by atoms with E-state index in [0.717, 1.165) is 11.6 Å². The summed E-state index contributed by atoms with van der Waals surface area (Å²) in [4.78, 5) is 0. The van der Waals surface area contributed by atoms with Crippen LogP contribution >= 0.6 is 11.6 Å². The lowest BCUT2D eigenvalue weighted by molar-refractivity contribution is 0.471. The van der Waals surface area contributed by atoms with E-state index in [1.54, 1.807) is 0 Å². The van der Waals surface area contributed by atoms with Gasteiger partial charge in [0.25, 0.3) is 0 Å². The van der Waals surface area contributed by atoms with Crippen LogP contribution in [0.25, 0.3) is 11.1 Å². The van der Waals surface area contributed by atoms with E-state index < -0.39 is 5.82 Å².